The second kappa shape index (κ2) is 7.66. The van der Waals surface area contributed by atoms with Crippen molar-refractivity contribution < 1.29 is 4.79 Å². The molecule has 94 valence electrons. The van der Waals surface area contributed by atoms with E-state index < -0.39 is 0 Å². The van der Waals surface area contributed by atoms with E-state index in [2.05, 4.69) is 5.32 Å². The molecule has 0 unspecified atom stereocenters. The summed E-state index contributed by atoms with van der Waals surface area (Å²) in [6.45, 7) is 2.85. The molecule has 0 aromatic rings. The summed E-state index contributed by atoms with van der Waals surface area (Å²) in [7, 11) is 0. The van der Waals surface area contributed by atoms with Gasteiger partial charge in [-0.3, -0.25) is 4.79 Å². The lowest BCUT2D eigenvalue weighted by atomic mass is 10.0. The molecule has 1 amide bonds. The maximum atomic E-state index is 11.5. The molecular formula is C13H26N2O. The summed E-state index contributed by atoms with van der Waals surface area (Å²) in [5.41, 5.74) is 5.72. The van der Waals surface area contributed by atoms with Crippen LogP contribution in [0.2, 0.25) is 0 Å². The highest BCUT2D eigenvalue weighted by Gasteiger charge is 2.15. The minimum Gasteiger partial charge on any atom is -0.355 e. The summed E-state index contributed by atoms with van der Waals surface area (Å²) in [5, 5.41) is 2.93. The van der Waals surface area contributed by atoms with Gasteiger partial charge in [-0.2, -0.15) is 0 Å². The van der Waals surface area contributed by atoms with Crippen LogP contribution in [0.4, 0.5) is 0 Å². The van der Waals surface area contributed by atoms with Gasteiger partial charge in [-0.15, -0.1) is 0 Å². The van der Waals surface area contributed by atoms with Crippen LogP contribution in [-0.4, -0.2) is 18.5 Å². The third-order valence-electron chi connectivity index (χ3n) is 3.50. The smallest absolute Gasteiger partial charge is 0.236 e. The summed E-state index contributed by atoms with van der Waals surface area (Å²) in [6.07, 6.45) is 9.72. The van der Waals surface area contributed by atoms with Crippen molar-refractivity contribution in [2.24, 2.45) is 11.7 Å². The first-order chi connectivity index (χ1) is 7.74. The van der Waals surface area contributed by atoms with Gasteiger partial charge in [0.1, 0.15) is 0 Å². The van der Waals surface area contributed by atoms with Crippen molar-refractivity contribution in [3.63, 3.8) is 0 Å². The van der Waals surface area contributed by atoms with Gasteiger partial charge in [0.25, 0.3) is 0 Å². The zero-order valence-corrected chi connectivity index (χ0v) is 10.5. The highest BCUT2D eigenvalue weighted by Crippen LogP contribution is 2.28. The van der Waals surface area contributed by atoms with Crippen molar-refractivity contribution in [2.45, 2.75) is 64.3 Å². The quantitative estimate of drug-likeness (QED) is 0.654. The minimum absolute atomic E-state index is 0.0215. The molecular weight excluding hydrogens is 200 g/mol. The normalized spacial score (nSPS) is 18.6. The Kier molecular flexibility index (Phi) is 6.46. The Labute approximate surface area is 99.2 Å². The molecule has 16 heavy (non-hydrogen) atoms. The molecule has 3 heteroatoms. The van der Waals surface area contributed by atoms with Crippen LogP contribution in [-0.2, 0) is 4.79 Å². The fourth-order valence-corrected chi connectivity index (χ4v) is 2.47. The highest BCUT2D eigenvalue weighted by molar-refractivity contribution is 5.81. The number of carbonyl (C=O) groups excluding carboxylic acids is 1. The molecule has 0 aliphatic heterocycles. The molecule has 0 bridgehead atoms. The van der Waals surface area contributed by atoms with E-state index in [1.165, 1.54) is 32.1 Å². The van der Waals surface area contributed by atoms with E-state index in [9.17, 15) is 4.79 Å². The minimum atomic E-state index is -0.309. The average Bonchev–Trinajstić information content (AvgIpc) is 2.77. The van der Waals surface area contributed by atoms with Gasteiger partial charge in [-0.25, -0.2) is 0 Å². The molecule has 0 heterocycles. The number of amides is 1. The number of nitrogens with two attached hydrogens (primary N) is 1. The predicted molar refractivity (Wildman–Crippen MR) is 67.1 cm³/mol. The Balaban J connectivity index is 1.99. The molecule has 1 aliphatic rings. The Bertz CT molecular complexity index is 200. The summed E-state index contributed by atoms with van der Waals surface area (Å²) in [4.78, 5) is 11.5. The van der Waals surface area contributed by atoms with Crippen molar-refractivity contribution in [3.8, 4) is 0 Å². The molecule has 0 radical (unpaired) electrons. The van der Waals surface area contributed by atoms with Gasteiger partial charge < -0.3 is 11.1 Å². The van der Waals surface area contributed by atoms with E-state index in [0.29, 0.717) is 0 Å². The molecule has 0 aromatic heterocycles. The van der Waals surface area contributed by atoms with E-state index >= 15 is 0 Å². The second-order valence-electron chi connectivity index (χ2n) is 4.98. The van der Waals surface area contributed by atoms with E-state index in [1.54, 1.807) is 0 Å². The first-order valence-corrected chi connectivity index (χ1v) is 6.77. The number of hydrogen-bond donors (Lipinski definition) is 2. The maximum Gasteiger partial charge on any atom is 0.236 e. The van der Waals surface area contributed by atoms with E-state index in [0.717, 1.165) is 31.7 Å². The van der Waals surface area contributed by atoms with Crippen molar-refractivity contribution in [1.82, 2.24) is 5.32 Å². The molecule has 1 aliphatic carbocycles. The molecule has 3 N–H and O–H groups in total. The molecule has 3 nitrogen and oxygen atoms in total. The van der Waals surface area contributed by atoms with Crippen LogP contribution < -0.4 is 11.1 Å². The Morgan fingerprint density at radius 1 is 1.44 bits per heavy atom. The average molecular weight is 226 g/mol. The van der Waals surface area contributed by atoms with Crippen molar-refractivity contribution in [1.29, 1.82) is 0 Å². The predicted octanol–water partition coefficient (Wildman–Crippen LogP) is 2.20. The fourth-order valence-electron chi connectivity index (χ4n) is 2.47. The lowest BCUT2D eigenvalue weighted by Gasteiger charge is -2.12. The number of carbonyl (C=O) groups is 1. The van der Waals surface area contributed by atoms with Gasteiger partial charge in [-0.05, 0) is 25.2 Å². The number of hydrogen-bond acceptors (Lipinski definition) is 2. The van der Waals surface area contributed by atoms with Crippen molar-refractivity contribution >= 4 is 5.91 Å². The number of nitrogens with one attached hydrogen (secondary N) is 1. The van der Waals surface area contributed by atoms with Crippen LogP contribution >= 0.6 is 0 Å². The van der Waals surface area contributed by atoms with Gasteiger partial charge >= 0.3 is 0 Å². The zero-order chi connectivity index (χ0) is 11.8. The van der Waals surface area contributed by atoms with Gasteiger partial charge in [0.15, 0.2) is 0 Å². The Morgan fingerprint density at radius 3 is 2.75 bits per heavy atom. The lowest BCUT2D eigenvalue weighted by Crippen LogP contribution is -2.40. The van der Waals surface area contributed by atoms with Crippen LogP contribution in [0.3, 0.4) is 0 Å². The highest BCUT2D eigenvalue weighted by atomic mass is 16.2. The summed E-state index contributed by atoms with van der Waals surface area (Å²) in [6, 6.07) is -0.309. The maximum absolute atomic E-state index is 11.5. The molecule has 1 atom stereocenters. The van der Waals surface area contributed by atoms with Crippen LogP contribution in [0, 0.1) is 5.92 Å². The Morgan fingerprint density at radius 2 is 2.12 bits per heavy atom. The van der Waals surface area contributed by atoms with Crippen LogP contribution in [0.1, 0.15) is 58.3 Å². The van der Waals surface area contributed by atoms with Crippen molar-refractivity contribution in [3.05, 3.63) is 0 Å². The molecule has 1 rings (SSSR count). The molecule has 0 aromatic carbocycles. The molecule has 0 spiro atoms. The van der Waals surface area contributed by atoms with Crippen LogP contribution in [0.5, 0.6) is 0 Å². The van der Waals surface area contributed by atoms with Crippen molar-refractivity contribution in [2.75, 3.05) is 6.54 Å². The topological polar surface area (TPSA) is 55.1 Å². The van der Waals surface area contributed by atoms with Crippen LogP contribution in [0.25, 0.3) is 0 Å². The molecule has 1 fully saturated rings. The fraction of sp³-hybridized carbons (Fsp3) is 0.923. The lowest BCUT2D eigenvalue weighted by molar-refractivity contribution is -0.122. The summed E-state index contributed by atoms with van der Waals surface area (Å²) >= 11 is 0. The van der Waals surface area contributed by atoms with E-state index in [4.69, 9.17) is 5.73 Å². The standard InChI is InChI=1S/C13H26N2O/c1-2-6-12(14)13(16)15-10-5-9-11-7-3-4-8-11/h11-12H,2-10,14H2,1H3,(H,15,16)/t12-/m0/s1. The zero-order valence-electron chi connectivity index (χ0n) is 10.5. The monoisotopic (exact) mass is 226 g/mol. The first-order valence-electron chi connectivity index (χ1n) is 6.77. The van der Waals surface area contributed by atoms with Gasteiger partial charge in [0, 0.05) is 6.54 Å². The van der Waals surface area contributed by atoms with E-state index in [1.807, 2.05) is 6.92 Å². The summed E-state index contributed by atoms with van der Waals surface area (Å²) < 4.78 is 0. The van der Waals surface area contributed by atoms with E-state index in [-0.39, 0.29) is 11.9 Å². The third kappa shape index (κ3) is 4.97. The third-order valence-corrected chi connectivity index (χ3v) is 3.50. The summed E-state index contributed by atoms with van der Waals surface area (Å²) in [5.74, 6) is 0.939. The van der Waals surface area contributed by atoms with Crippen LogP contribution in [0.15, 0.2) is 0 Å². The van der Waals surface area contributed by atoms with Gasteiger partial charge in [-0.1, -0.05) is 39.0 Å². The van der Waals surface area contributed by atoms with Gasteiger partial charge in [0.05, 0.1) is 6.04 Å². The molecule has 0 saturated heterocycles. The number of rotatable bonds is 7. The first kappa shape index (κ1) is 13.5. The van der Waals surface area contributed by atoms with Gasteiger partial charge in [0.2, 0.25) is 5.91 Å². The SMILES string of the molecule is CCC[C@H](N)C(=O)NCCCC1CCCC1. The largest absolute Gasteiger partial charge is 0.355 e. The second-order valence-corrected chi connectivity index (χ2v) is 4.98. The Hall–Kier alpha value is -0.570. The molecule has 1 saturated carbocycles.